The van der Waals surface area contributed by atoms with Gasteiger partial charge < -0.3 is 5.32 Å². The maximum atomic E-state index is 3.47. The van der Waals surface area contributed by atoms with Gasteiger partial charge in [0.1, 0.15) is 0 Å². The first-order valence-corrected chi connectivity index (χ1v) is 7.90. The number of rotatable bonds is 6. The van der Waals surface area contributed by atoms with Crippen molar-refractivity contribution in [2.45, 2.75) is 43.8 Å². The van der Waals surface area contributed by atoms with Crippen molar-refractivity contribution in [3.05, 3.63) is 30.3 Å². The molecule has 2 rings (SSSR count). The Morgan fingerprint density at radius 2 is 1.82 bits per heavy atom. The van der Waals surface area contributed by atoms with Gasteiger partial charge in [-0.2, -0.15) is 11.8 Å². The summed E-state index contributed by atoms with van der Waals surface area (Å²) >= 11 is 2.19. The minimum absolute atomic E-state index is 0.959. The van der Waals surface area contributed by atoms with E-state index in [4.69, 9.17) is 0 Å². The molecule has 17 heavy (non-hydrogen) atoms. The molecule has 1 nitrogen and oxygen atoms in total. The molecular formula is C15H23NS. The molecule has 0 aliphatic heterocycles. The van der Waals surface area contributed by atoms with Crippen molar-refractivity contribution in [2.75, 3.05) is 17.6 Å². The number of thioether (sulfide) groups is 1. The molecule has 0 heterocycles. The molecule has 1 aromatic rings. The Kier molecular flexibility index (Phi) is 5.77. The van der Waals surface area contributed by atoms with E-state index in [0.29, 0.717) is 0 Å². The predicted molar refractivity (Wildman–Crippen MR) is 78.9 cm³/mol. The lowest BCUT2D eigenvalue weighted by Gasteiger charge is -2.20. The molecule has 1 aliphatic rings. The highest BCUT2D eigenvalue weighted by molar-refractivity contribution is 7.99. The minimum Gasteiger partial charge on any atom is -0.385 e. The number of hydrogen-bond acceptors (Lipinski definition) is 2. The molecule has 94 valence electrons. The molecule has 0 unspecified atom stereocenters. The van der Waals surface area contributed by atoms with Gasteiger partial charge in [-0.1, -0.05) is 37.5 Å². The second kappa shape index (κ2) is 7.65. The van der Waals surface area contributed by atoms with Gasteiger partial charge in [0.25, 0.3) is 0 Å². The number of nitrogens with one attached hydrogen (secondary N) is 1. The van der Waals surface area contributed by atoms with Crippen LogP contribution in [0.25, 0.3) is 0 Å². The van der Waals surface area contributed by atoms with Crippen molar-refractivity contribution < 1.29 is 0 Å². The molecule has 0 saturated heterocycles. The second-order valence-electron chi connectivity index (χ2n) is 4.78. The van der Waals surface area contributed by atoms with Crippen LogP contribution in [0.5, 0.6) is 0 Å². The average Bonchev–Trinajstić information content (AvgIpc) is 2.41. The van der Waals surface area contributed by atoms with E-state index in [2.05, 4.69) is 47.4 Å². The van der Waals surface area contributed by atoms with Gasteiger partial charge in [0.2, 0.25) is 0 Å². The predicted octanol–water partition coefficient (Wildman–Crippen LogP) is 4.55. The van der Waals surface area contributed by atoms with Crippen molar-refractivity contribution in [3.63, 3.8) is 0 Å². The van der Waals surface area contributed by atoms with Gasteiger partial charge in [0.15, 0.2) is 0 Å². The molecule has 1 N–H and O–H groups in total. The normalized spacial score (nSPS) is 16.9. The first kappa shape index (κ1) is 12.8. The van der Waals surface area contributed by atoms with Crippen molar-refractivity contribution >= 4 is 17.4 Å². The Morgan fingerprint density at radius 3 is 2.59 bits per heavy atom. The van der Waals surface area contributed by atoms with Crippen LogP contribution in [0.2, 0.25) is 0 Å². The molecule has 2 heteroatoms. The zero-order chi connectivity index (χ0) is 11.8. The summed E-state index contributed by atoms with van der Waals surface area (Å²) in [6.07, 6.45) is 8.57. The summed E-state index contributed by atoms with van der Waals surface area (Å²) in [6, 6.07) is 10.5. The summed E-state index contributed by atoms with van der Waals surface area (Å²) in [5.74, 6) is 1.31. The van der Waals surface area contributed by atoms with E-state index >= 15 is 0 Å². The highest BCUT2D eigenvalue weighted by atomic mass is 32.2. The standard InChI is InChI=1S/C15H23NS/c1-3-8-14(9-4-1)16-12-7-13-17-15-10-5-2-6-11-15/h1,3-4,8-9,15-16H,2,5-7,10-13H2. The number of anilines is 1. The summed E-state index contributed by atoms with van der Waals surface area (Å²) in [5.41, 5.74) is 1.25. The van der Waals surface area contributed by atoms with Gasteiger partial charge in [-0.15, -0.1) is 0 Å². The van der Waals surface area contributed by atoms with Crippen LogP contribution in [0.3, 0.4) is 0 Å². The van der Waals surface area contributed by atoms with E-state index in [0.717, 1.165) is 11.8 Å². The van der Waals surface area contributed by atoms with E-state index in [1.54, 1.807) is 0 Å². The van der Waals surface area contributed by atoms with E-state index in [1.807, 2.05) is 0 Å². The number of para-hydroxylation sites is 1. The van der Waals surface area contributed by atoms with Crippen LogP contribution in [-0.4, -0.2) is 17.5 Å². The molecule has 0 aromatic heterocycles. The third-order valence-electron chi connectivity index (χ3n) is 3.33. The van der Waals surface area contributed by atoms with E-state index in [9.17, 15) is 0 Å². The van der Waals surface area contributed by atoms with Crippen LogP contribution >= 0.6 is 11.8 Å². The lowest BCUT2D eigenvalue weighted by atomic mass is 10.0. The van der Waals surface area contributed by atoms with Crippen LogP contribution in [0.1, 0.15) is 38.5 Å². The third kappa shape index (κ3) is 5.03. The highest BCUT2D eigenvalue weighted by Crippen LogP contribution is 2.28. The number of benzene rings is 1. The van der Waals surface area contributed by atoms with Gasteiger partial charge in [0.05, 0.1) is 0 Å². The fourth-order valence-electron chi connectivity index (χ4n) is 2.34. The zero-order valence-electron chi connectivity index (χ0n) is 10.5. The summed E-state index contributed by atoms with van der Waals surface area (Å²) < 4.78 is 0. The first-order valence-electron chi connectivity index (χ1n) is 6.86. The topological polar surface area (TPSA) is 12.0 Å². The molecule has 0 radical (unpaired) electrons. The monoisotopic (exact) mass is 249 g/mol. The fraction of sp³-hybridized carbons (Fsp3) is 0.600. The van der Waals surface area contributed by atoms with Gasteiger partial charge in [-0.05, 0) is 37.1 Å². The van der Waals surface area contributed by atoms with Crippen LogP contribution in [0, 0.1) is 0 Å². The van der Waals surface area contributed by atoms with Crippen molar-refractivity contribution in [1.82, 2.24) is 0 Å². The maximum absolute atomic E-state index is 3.47. The van der Waals surface area contributed by atoms with Crippen molar-refractivity contribution in [1.29, 1.82) is 0 Å². The van der Waals surface area contributed by atoms with Crippen LogP contribution in [0.4, 0.5) is 5.69 Å². The summed E-state index contributed by atoms with van der Waals surface area (Å²) in [4.78, 5) is 0. The highest BCUT2D eigenvalue weighted by Gasteiger charge is 2.12. The largest absolute Gasteiger partial charge is 0.385 e. The Hall–Kier alpha value is -0.630. The summed E-state index contributed by atoms with van der Waals surface area (Å²) in [5, 5.41) is 4.43. The Labute approximate surface area is 109 Å². The van der Waals surface area contributed by atoms with E-state index in [1.165, 1.54) is 50.0 Å². The molecule has 0 bridgehead atoms. The van der Waals surface area contributed by atoms with E-state index < -0.39 is 0 Å². The molecule has 1 aliphatic carbocycles. The van der Waals surface area contributed by atoms with Gasteiger partial charge in [-0.3, -0.25) is 0 Å². The SMILES string of the molecule is c1ccc(NCCCSC2CCCCC2)cc1. The summed E-state index contributed by atoms with van der Waals surface area (Å²) in [7, 11) is 0. The lowest BCUT2D eigenvalue weighted by molar-refractivity contribution is 0.516. The average molecular weight is 249 g/mol. The molecule has 1 saturated carbocycles. The summed E-state index contributed by atoms with van der Waals surface area (Å²) in [6.45, 7) is 1.10. The molecule has 1 aromatic carbocycles. The smallest absolute Gasteiger partial charge is 0.0340 e. The van der Waals surface area contributed by atoms with Crippen molar-refractivity contribution in [3.8, 4) is 0 Å². The third-order valence-corrected chi connectivity index (χ3v) is 4.80. The molecular weight excluding hydrogens is 226 g/mol. The Morgan fingerprint density at radius 1 is 1.06 bits per heavy atom. The van der Waals surface area contributed by atoms with Gasteiger partial charge >= 0.3 is 0 Å². The molecule has 1 fully saturated rings. The molecule has 0 amide bonds. The Bertz CT molecular complexity index is 293. The molecule has 0 spiro atoms. The fourth-order valence-corrected chi connectivity index (χ4v) is 3.65. The van der Waals surface area contributed by atoms with Crippen LogP contribution < -0.4 is 5.32 Å². The zero-order valence-corrected chi connectivity index (χ0v) is 11.3. The van der Waals surface area contributed by atoms with Crippen molar-refractivity contribution in [2.24, 2.45) is 0 Å². The number of hydrogen-bond donors (Lipinski definition) is 1. The first-order chi connectivity index (χ1) is 8.45. The van der Waals surface area contributed by atoms with Crippen LogP contribution in [0.15, 0.2) is 30.3 Å². The van der Waals surface area contributed by atoms with Gasteiger partial charge in [0, 0.05) is 17.5 Å². The minimum atomic E-state index is 0.959. The molecule has 0 atom stereocenters. The lowest BCUT2D eigenvalue weighted by Crippen LogP contribution is -2.10. The van der Waals surface area contributed by atoms with E-state index in [-0.39, 0.29) is 0 Å². The quantitative estimate of drug-likeness (QED) is 0.742. The second-order valence-corrected chi connectivity index (χ2v) is 6.19. The van der Waals surface area contributed by atoms with Gasteiger partial charge in [-0.25, -0.2) is 0 Å². The van der Waals surface area contributed by atoms with Crippen LogP contribution in [-0.2, 0) is 0 Å². The Balaban J connectivity index is 1.51. The maximum Gasteiger partial charge on any atom is 0.0340 e.